The minimum Gasteiger partial charge on any atom is -0.464 e. The van der Waals surface area contributed by atoms with Crippen molar-refractivity contribution in [3.8, 4) is 6.07 Å². The van der Waals surface area contributed by atoms with Crippen molar-refractivity contribution in [2.75, 3.05) is 0 Å². The van der Waals surface area contributed by atoms with Crippen molar-refractivity contribution in [1.29, 1.82) is 5.26 Å². The lowest BCUT2D eigenvalue weighted by Gasteiger charge is -2.12. The van der Waals surface area contributed by atoms with Crippen molar-refractivity contribution in [2.24, 2.45) is 0 Å². The van der Waals surface area contributed by atoms with Gasteiger partial charge in [-0.2, -0.15) is 5.26 Å². The molecule has 1 aromatic carbocycles. The van der Waals surface area contributed by atoms with Crippen molar-refractivity contribution in [2.45, 2.75) is 12.8 Å². The molecule has 0 fully saturated rings. The zero-order valence-corrected chi connectivity index (χ0v) is 9.31. The Morgan fingerprint density at radius 2 is 2.12 bits per heavy atom. The highest BCUT2D eigenvalue weighted by Crippen LogP contribution is 2.26. The Bertz CT molecular complexity index is 686. The average Bonchev–Trinajstić information content (AvgIpc) is 2.55. The van der Waals surface area contributed by atoms with E-state index in [4.69, 9.17) is 4.74 Å². The molecule has 1 aromatic rings. The van der Waals surface area contributed by atoms with Crippen LogP contribution < -0.4 is 10.4 Å². The van der Waals surface area contributed by atoms with Gasteiger partial charge in [0.15, 0.2) is 0 Å². The Hall–Kier alpha value is -2.27. The summed E-state index contributed by atoms with van der Waals surface area (Å²) in [4.78, 5) is 0. The van der Waals surface area contributed by atoms with Crippen molar-refractivity contribution in [1.82, 2.24) is 0 Å². The fourth-order valence-electron chi connectivity index (χ4n) is 2.25. The minimum atomic E-state index is 0.744. The highest BCUT2D eigenvalue weighted by Gasteiger charge is 2.16. The van der Waals surface area contributed by atoms with Gasteiger partial charge in [-0.05, 0) is 18.9 Å². The van der Waals surface area contributed by atoms with Gasteiger partial charge >= 0.3 is 0 Å². The van der Waals surface area contributed by atoms with Crippen LogP contribution in [-0.4, -0.2) is 0 Å². The third kappa shape index (κ3) is 1.57. The molecule has 17 heavy (non-hydrogen) atoms. The van der Waals surface area contributed by atoms with Gasteiger partial charge in [0.1, 0.15) is 11.8 Å². The number of hydrogen-bond donors (Lipinski definition) is 0. The molecule has 82 valence electrons. The zero-order chi connectivity index (χ0) is 11.7. The van der Waals surface area contributed by atoms with E-state index in [-0.39, 0.29) is 0 Å². The average molecular weight is 221 g/mol. The summed E-state index contributed by atoms with van der Waals surface area (Å²) in [5.74, 6) is 0.809. The predicted molar refractivity (Wildman–Crippen MR) is 65.7 cm³/mol. The summed E-state index contributed by atoms with van der Waals surface area (Å²) >= 11 is 0. The van der Waals surface area contributed by atoms with Crippen LogP contribution in [0.3, 0.4) is 0 Å². The molecule has 0 N–H and O–H groups in total. The van der Waals surface area contributed by atoms with Crippen LogP contribution in [0.25, 0.3) is 11.8 Å². The van der Waals surface area contributed by atoms with Gasteiger partial charge in [-0.25, -0.2) is 0 Å². The summed E-state index contributed by atoms with van der Waals surface area (Å²) in [6.07, 6.45) is 7.60. The van der Waals surface area contributed by atoms with Gasteiger partial charge in [0, 0.05) is 16.0 Å². The summed E-state index contributed by atoms with van der Waals surface area (Å²) in [6.45, 7) is 0. The molecule has 0 amide bonds. The first-order chi connectivity index (χ1) is 8.40. The lowest BCUT2D eigenvalue weighted by atomic mass is 9.95. The van der Waals surface area contributed by atoms with E-state index >= 15 is 0 Å². The van der Waals surface area contributed by atoms with E-state index in [2.05, 4.69) is 12.1 Å². The molecule has 2 nitrogen and oxygen atoms in total. The van der Waals surface area contributed by atoms with Gasteiger partial charge in [-0.15, -0.1) is 0 Å². The van der Waals surface area contributed by atoms with Crippen LogP contribution >= 0.6 is 0 Å². The molecule has 0 atom stereocenters. The van der Waals surface area contributed by atoms with E-state index in [1.807, 2.05) is 30.3 Å². The van der Waals surface area contributed by atoms with Gasteiger partial charge in [0.2, 0.25) is 0 Å². The lowest BCUT2D eigenvalue weighted by molar-refractivity contribution is 0.414. The number of rotatable bonds is 0. The lowest BCUT2D eigenvalue weighted by Crippen LogP contribution is -2.26. The Labute approximate surface area is 99.5 Å². The third-order valence-electron chi connectivity index (χ3n) is 3.08. The molecule has 0 unspecified atom stereocenters. The second-order valence-corrected chi connectivity index (χ2v) is 4.09. The molecular formula is C15H11NO. The largest absolute Gasteiger partial charge is 0.464 e. The molecule has 1 aliphatic carbocycles. The van der Waals surface area contributed by atoms with Crippen molar-refractivity contribution < 1.29 is 4.74 Å². The molecule has 0 aromatic heterocycles. The van der Waals surface area contributed by atoms with E-state index in [1.165, 1.54) is 0 Å². The maximum Gasteiger partial charge on any atom is 0.130 e. The van der Waals surface area contributed by atoms with Crippen molar-refractivity contribution >= 4 is 11.8 Å². The maximum atomic E-state index is 9.39. The normalized spacial score (nSPS) is 17.2. The SMILES string of the molecule is N#CC1=c2ccccc2=COC2=C1CCC=C2. The first-order valence-corrected chi connectivity index (χ1v) is 5.66. The van der Waals surface area contributed by atoms with E-state index in [0.29, 0.717) is 0 Å². The number of ether oxygens (including phenoxy) is 1. The number of benzene rings is 1. The minimum absolute atomic E-state index is 0.744. The fourth-order valence-corrected chi connectivity index (χ4v) is 2.25. The topological polar surface area (TPSA) is 33.0 Å². The Balaban J connectivity index is 2.40. The highest BCUT2D eigenvalue weighted by molar-refractivity contribution is 5.78. The highest BCUT2D eigenvalue weighted by atomic mass is 16.5. The fraction of sp³-hybridized carbons (Fsp3) is 0.133. The summed E-state index contributed by atoms with van der Waals surface area (Å²) in [5.41, 5.74) is 1.77. The smallest absolute Gasteiger partial charge is 0.130 e. The molecule has 0 bridgehead atoms. The molecule has 3 rings (SSSR count). The molecule has 0 spiro atoms. The molecule has 0 radical (unpaired) electrons. The van der Waals surface area contributed by atoms with Crippen LogP contribution in [0.2, 0.25) is 0 Å². The first-order valence-electron chi connectivity index (χ1n) is 5.66. The van der Waals surface area contributed by atoms with Crippen molar-refractivity contribution in [3.05, 3.63) is 58.2 Å². The van der Waals surface area contributed by atoms with Gasteiger partial charge < -0.3 is 4.74 Å². The molecule has 0 saturated heterocycles. The van der Waals surface area contributed by atoms with Gasteiger partial charge in [0.05, 0.1) is 11.8 Å². The van der Waals surface area contributed by atoms with Gasteiger partial charge in [-0.3, -0.25) is 0 Å². The standard InChI is InChI=1S/C15H11NO/c16-9-14-12-6-2-1-5-11(12)10-17-15-8-4-3-7-13(14)15/h1-2,4-6,8,10H,3,7H2. The number of allylic oxidation sites excluding steroid dienone is 3. The number of hydrogen-bond acceptors (Lipinski definition) is 2. The van der Waals surface area contributed by atoms with Crippen LogP contribution in [0.5, 0.6) is 0 Å². The number of fused-ring (bicyclic) bond motifs is 1. The zero-order valence-electron chi connectivity index (χ0n) is 9.31. The van der Waals surface area contributed by atoms with Crippen LogP contribution in [0.1, 0.15) is 12.8 Å². The summed E-state index contributed by atoms with van der Waals surface area (Å²) in [5, 5.41) is 11.3. The van der Waals surface area contributed by atoms with Gasteiger partial charge in [0.25, 0.3) is 0 Å². The predicted octanol–water partition coefficient (Wildman–Crippen LogP) is 1.73. The molecule has 2 heteroatoms. The third-order valence-corrected chi connectivity index (χ3v) is 3.08. The summed E-state index contributed by atoms with van der Waals surface area (Å²) < 4.78 is 5.66. The first kappa shape index (κ1) is 9.92. The van der Waals surface area contributed by atoms with E-state index in [9.17, 15) is 5.26 Å². The monoisotopic (exact) mass is 221 g/mol. The summed E-state index contributed by atoms with van der Waals surface area (Å²) in [7, 11) is 0. The quantitative estimate of drug-likeness (QED) is 0.668. The molecule has 0 saturated carbocycles. The molecule has 1 aliphatic heterocycles. The van der Waals surface area contributed by atoms with E-state index < -0.39 is 0 Å². The van der Waals surface area contributed by atoms with E-state index in [1.54, 1.807) is 6.26 Å². The molecule has 1 heterocycles. The molecule has 2 aliphatic rings. The van der Waals surface area contributed by atoms with Crippen molar-refractivity contribution in [3.63, 3.8) is 0 Å². The van der Waals surface area contributed by atoms with Gasteiger partial charge in [-0.1, -0.05) is 30.3 Å². The Morgan fingerprint density at radius 1 is 1.24 bits per heavy atom. The van der Waals surface area contributed by atoms with E-state index in [0.717, 1.165) is 40.2 Å². The summed E-state index contributed by atoms with van der Waals surface area (Å²) in [6, 6.07) is 10.2. The Morgan fingerprint density at radius 3 is 3.00 bits per heavy atom. The van der Waals surface area contributed by atoms with Crippen LogP contribution in [0.4, 0.5) is 0 Å². The second-order valence-electron chi connectivity index (χ2n) is 4.09. The maximum absolute atomic E-state index is 9.39. The molecular weight excluding hydrogens is 210 g/mol. The number of nitrogens with zero attached hydrogens (tertiary/aromatic N) is 1. The van der Waals surface area contributed by atoms with Crippen LogP contribution in [0.15, 0.2) is 47.7 Å². The Kier molecular flexibility index (Phi) is 2.31. The number of nitriles is 1. The van der Waals surface area contributed by atoms with Crippen LogP contribution in [-0.2, 0) is 4.74 Å². The second kappa shape index (κ2) is 3.95. The van der Waals surface area contributed by atoms with Crippen LogP contribution in [0, 0.1) is 11.3 Å².